The van der Waals surface area contributed by atoms with Crippen molar-refractivity contribution >= 4 is 11.6 Å². The van der Waals surface area contributed by atoms with Crippen LogP contribution in [0.3, 0.4) is 0 Å². The number of nitrogens with one attached hydrogen (secondary N) is 1. The van der Waals surface area contributed by atoms with Gasteiger partial charge < -0.3 is 5.32 Å². The minimum Gasteiger partial charge on any atom is -0.312 e. The first kappa shape index (κ1) is 12.4. The Morgan fingerprint density at radius 3 is 2.44 bits per heavy atom. The second kappa shape index (κ2) is 5.18. The van der Waals surface area contributed by atoms with E-state index in [1.807, 2.05) is 6.07 Å². The van der Waals surface area contributed by atoms with Crippen LogP contribution >= 0.6 is 11.6 Å². The van der Waals surface area contributed by atoms with Crippen LogP contribution in [0.2, 0.25) is 5.02 Å². The van der Waals surface area contributed by atoms with E-state index in [4.69, 9.17) is 11.6 Å². The minimum absolute atomic E-state index is 0.201. The highest BCUT2D eigenvalue weighted by atomic mass is 35.5. The van der Waals surface area contributed by atoms with Crippen molar-refractivity contribution in [2.24, 2.45) is 17.8 Å². The lowest BCUT2D eigenvalue weighted by atomic mass is 9.98. The molecule has 0 bridgehead atoms. The maximum absolute atomic E-state index is 13.3. The zero-order chi connectivity index (χ0) is 12.5. The van der Waals surface area contributed by atoms with Crippen LogP contribution in [0.4, 0.5) is 4.39 Å². The lowest BCUT2D eigenvalue weighted by Crippen LogP contribution is -2.25. The van der Waals surface area contributed by atoms with E-state index < -0.39 is 0 Å². The van der Waals surface area contributed by atoms with Gasteiger partial charge >= 0.3 is 0 Å². The van der Waals surface area contributed by atoms with Crippen molar-refractivity contribution in [1.82, 2.24) is 5.32 Å². The molecule has 1 aromatic carbocycles. The molecule has 0 aliphatic heterocycles. The van der Waals surface area contributed by atoms with Crippen LogP contribution in [0.1, 0.15) is 31.2 Å². The Labute approximate surface area is 113 Å². The van der Waals surface area contributed by atoms with Crippen molar-refractivity contribution in [3.05, 3.63) is 34.6 Å². The van der Waals surface area contributed by atoms with Crippen molar-refractivity contribution in [2.45, 2.75) is 32.2 Å². The molecule has 3 heteroatoms. The number of hydrogen-bond donors (Lipinski definition) is 1. The number of benzene rings is 1. The summed E-state index contributed by atoms with van der Waals surface area (Å²) in [5, 5.41) is 3.68. The summed E-state index contributed by atoms with van der Waals surface area (Å²) in [6, 6.07) is 5.05. The lowest BCUT2D eigenvalue weighted by molar-refractivity contribution is 0.378. The quantitative estimate of drug-likeness (QED) is 0.821. The van der Waals surface area contributed by atoms with Gasteiger partial charge in [0.25, 0.3) is 0 Å². The third-order valence-electron chi connectivity index (χ3n) is 4.15. The zero-order valence-corrected chi connectivity index (χ0v) is 11.2. The number of rotatable bonds is 6. The van der Waals surface area contributed by atoms with E-state index >= 15 is 0 Å². The molecule has 1 aromatic rings. The van der Waals surface area contributed by atoms with Crippen molar-refractivity contribution < 1.29 is 4.39 Å². The average molecular weight is 268 g/mol. The van der Waals surface area contributed by atoms with E-state index in [2.05, 4.69) is 5.32 Å². The van der Waals surface area contributed by atoms with Crippen LogP contribution in [0.5, 0.6) is 0 Å². The molecule has 0 spiro atoms. The first-order valence-electron chi connectivity index (χ1n) is 6.88. The second-order valence-electron chi connectivity index (χ2n) is 5.72. The van der Waals surface area contributed by atoms with Gasteiger partial charge in [0.05, 0.1) is 5.02 Å². The molecule has 18 heavy (non-hydrogen) atoms. The Kier molecular flexibility index (Phi) is 3.58. The third kappa shape index (κ3) is 3.04. The van der Waals surface area contributed by atoms with Crippen molar-refractivity contribution in [1.29, 1.82) is 0 Å². The molecule has 2 aliphatic rings. The summed E-state index contributed by atoms with van der Waals surface area (Å²) in [5.74, 6) is 2.47. The van der Waals surface area contributed by atoms with Crippen LogP contribution in [0, 0.1) is 23.6 Å². The molecule has 0 unspecified atom stereocenters. The van der Waals surface area contributed by atoms with Crippen LogP contribution < -0.4 is 5.32 Å². The molecule has 2 aliphatic carbocycles. The highest BCUT2D eigenvalue weighted by Crippen LogP contribution is 2.48. The Bertz CT molecular complexity index is 415. The van der Waals surface area contributed by atoms with Gasteiger partial charge in [-0.15, -0.1) is 0 Å². The minimum atomic E-state index is -0.322. The highest BCUT2D eigenvalue weighted by Gasteiger charge is 2.40. The fourth-order valence-electron chi connectivity index (χ4n) is 2.80. The van der Waals surface area contributed by atoms with Crippen LogP contribution in [0.15, 0.2) is 18.2 Å². The molecule has 1 N–H and O–H groups in total. The first-order chi connectivity index (χ1) is 8.74. The predicted octanol–water partition coefficient (Wildman–Crippen LogP) is 4.00. The van der Waals surface area contributed by atoms with Crippen LogP contribution in [-0.4, -0.2) is 6.54 Å². The molecule has 1 nitrogen and oxygen atoms in total. The van der Waals surface area contributed by atoms with E-state index in [0.29, 0.717) is 0 Å². The summed E-state index contributed by atoms with van der Waals surface area (Å²) in [7, 11) is 0. The van der Waals surface area contributed by atoms with Gasteiger partial charge in [-0.1, -0.05) is 17.7 Å². The molecule has 0 atom stereocenters. The van der Waals surface area contributed by atoms with Gasteiger partial charge in [0.1, 0.15) is 5.82 Å². The van der Waals surface area contributed by atoms with E-state index in [0.717, 1.165) is 36.4 Å². The van der Waals surface area contributed by atoms with Crippen molar-refractivity contribution in [3.8, 4) is 0 Å². The Morgan fingerprint density at radius 2 is 1.89 bits per heavy atom. The highest BCUT2D eigenvalue weighted by molar-refractivity contribution is 6.30. The van der Waals surface area contributed by atoms with Crippen molar-refractivity contribution in [3.63, 3.8) is 0 Å². The van der Waals surface area contributed by atoms with Gasteiger partial charge in [-0.25, -0.2) is 4.39 Å². The maximum atomic E-state index is 13.3. The second-order valence-corrected chi connectivity index (χ2v) is 6.13. The van der Waals surface area contributed by atoms with E-state index in [9.17, 15) is 4.39 Å². The van der Waals surface area contributed by atoms with Crippen LogP contribution in [0.25, 0.3) is 0 Å². The lowest BCUT2D eigenvalue weighted by Gasteiger charge is -2.16. The summed E-state index contributed by atoms with van der Waals surface area (Å²) < 4.78 is 13.3. The molecular formula is C15H19ClFN. The molecule has 0 aromatic heterocycles. The molecule has 98 valence electrons. The standard InChI is InChI=1S/C15H19ClFN/c16-14-6-1-10(7-15(14)17)8-18-9-13(11-2-3-11)12-4-5-12/h1,6-7,11-13,18H,2-5,8-9H2. The van der Waals surface area contributed by atoms with Gasteiger partial charge in [0, 0.05) is 6.54 Å². The molecule has 0 heterocycles. The monoisotopic (exact) mass is 267 g/mol. The summed E-state index contributed by atoms with van der Waals surface area (Å²) in [6.07, 6.45) is 5.66. The smallest absolute Gasteiger partial charge is 0.142 e. The fourth-order valence-corrected chi connectivity index (χ4v) is 2.92. The van der Waals surface area contributed by atoms with Crippen LogP contribution in [-0.2, 0) is 6.54 Å². The summed E-state index contributed by atoms with van der Waals surface area (Å²) in [6.45, 7) is 1.82. The SMILES string of the molecule is Fc1cc(CNCC(C2CC2)C2CC2)ccc1Cl. The van der Waals surface area contributed by atoms with E-state index in [1.54, 1.807) is 6.07 Å². The first-order valence-corrected chi connectivity index (χ1v) is 7.26. The Morgan fingerprint density at radius 1 is 1.22 bits per heavy atom. The van der Waals surface area contributed by atoms with Crippen molar-refractivity contribution in [2.75, 3.05) is 6.54 Å². The zero-order valence-electron chi connectivity index (χ0n) is 10.5. The molecule has 0 radical (unpaired) electrons. The molecule has 3 rings (SSSR count). The largest absolute Gasteiger partial charge is 0.312 e. The van der Waals surface area contributed by atoms with Gasteiger partial charge in [0.15, 0.2) is 0 Å². The van der Waals surface area contributed by atoms with E-state index in [-0.39, 0.29) is 10.8 Å². The maximum Gasteiger partial charge on any atom is 0.142 e. The molecule has 0 amide bonds. The number of halogens is 2. The van der Waals surface area contributed by atoms with Gasteiger partial charge in [0.2, 0.25) is 0 Å². The Balaban J connectivity index is 1.49. The number of hydrogen-bond acceptors (Lipinski definition) is 1. The van der Waals surface area contributed by atoms with Gasteiger partial charge in [-0.2, -0.15) is 0 Å². The Hall–Kier alpha value is -0.600. The average Bonchev–Trinajstić information content (AvgIpc) is 3.22. The molecule has 0 saturated heterocycles. The molecule has 2 fully saturated rings. The van der Waals surface area contributed by atoms with Gasteiger partial charge in [-0.05, 0) is 67.7 Å². The normalized spacial score (nSPS) is 19.5. The van der Waals surface area contributed by atoms with E-state index in [1.165, 1.54) is 31.7 Å². The predicted molar refractivity (Wildman–Crippen MR) is 72.1 cm³/mol. The van der Waals surface area contributed by atoms with Gasteiger partial charge in [-0.3, -0.25) is 0 Å². The topological polar surface area (TPSA) is 12.0 Å². The fraction of sp³-hybridized carbons (Fsp3) is 0.600. The molecular weight excluding hydrogens is 249 g/mol. The summed E-state index contributed by atoms with van der Waals surface area (Å²) >= 11 is 5.67. The summed E-state index contributed by atoms with van der Waals surface area (Å²) in [4.78, 5) is 0. The third-order valence-corrected chi connectivity index (χ3v) is 4.45. The summed E-state index contributed by atoms with van der Waals surface area (Å²) in [5.41, 5.74) is 0.974. The molecule has 2 saturated carbocycles.